The Morgan fingerprint density at radius 3 is 2.73 bits per heavy atom. The first kappa shape index (κ1) is 15.1. The van der Waals surface area contributed by atoms with Crippen LogP contribution in [0.1, 0.15) is 30.0 Å². The Bertz CT molecular complexity index is 746. The number of pyridine rings is 1. The van der Waals surface area contributed by atoms with Crippen molar-refractivity contribution in [2.75, 3.05) is 14.1 Å². The summed E-state index contributed by atoms with van der Waals surface area (Å²) in [5.41, 5.74) is 4.04. The summed E-state index contributed by atoms with van der Waals surface area (Å²) in [4.78, 5) is 18.2. The molecule has 0 aromatic carbocycles. The molecule has 2 aromatic heterocycles. The fourth-order valence-electron chi connectivity index (χ4n) is 3.13. The zero-order valence-electron chi connectivity index (χ0n) is 13.4. The minimum absolute atomic E-state index is 0.0235. The highest BCUT2D eigenvalue weighted by molar-refractivity contribution is 6.33. The number of amides is 1. The molecule has 1 aliphatic rings. The van der Waals surface area contributed by atoms with Gasteiger partial charge in [0.2, 0.25) is 0 Å². The Labute approximate surface area is 135 Å². The van der Waals surface area contributed by atoms with Crippen molar-refractivity contribution in [1.82, 2.24) is 14.5 Å². The minimum Gasteiger partial charge on any atom is -0.343 e. The van der Waals surface area contributed by atoms with Crippen molar-refractivity contribution in [3.8, 4) is 11.1 Å². The lowest BCUT2D eigenvalue weighted by atomic mass is 9.89. The summed E-state index contributed by atoms with van der Waals surface area (Å²) in [5, 5.41) is 0.615. The summed E-state index contributed by atoms with van der Waals surface area (Å²) in [6, 6.07) is 3.88. The number of rotatable bonds is 2. The normalized spacial score (nSPS) is 15.7. The van der Waals surface area contributed by atoms with Crippen molar-refractivity contribution < 1.29 is 4.79 Å². The maximum Gasteiger partial charge on any atom is 0.269 e. The summed E-state index contributed by atoms with van der Waals surface area (Å²) in [6.07, 6.45) is 4.31. The van der Waals surface area contributed by atoms with Crippen molar-refractivity contribution in [3.63, 3.8) is 0 Å². The van der Waals surface area contributed by atoms with Gasteiger partial charge in [-0.2, -0.15) is 0 Å². The van der Waals surface area contributed by atoms with E-state index in [1.165, 1.54) is 5.69 Å². The number of halogens is 1. The zero-order chi connectivity index (χ0) is 16.1. The van der Waals surface area contributed by atoms with Gasteiger partial charge in [0.05, 0.1) is 5.02 Å². The Morgan fingerprint density at radius 2 is 2.09 bits per heavy atom. The fourth-order valence-corrected chi connectivity index (χ4v) is 3.35. The van der Waals surface area contributed by atoms with Crippen LogP contribution in [-0.2, 0) is 13.0 Å². The standard InChI is InChI=1S/C17H20ClN3O/c1-17(2)8-15-12(11-5-6-19-9-13(11)18)7-14(21(15)10-17)16(22)20(3)4/h5-7,9H,8,10H2,1-4H3. The summed E-state index contributed by atoms with van der Waals surface area (Å²) >= 11 is 6.32. The van der Waals surface area contributed by atoms with Crippen LogP contribution in [0.3, 0.4) is 0 Å². The highest BCUT2D eigenvalue weighted by Gasteiger charge is 2.35. The van der Waals surface area contributed by atoms with Crippen molar-refractivity contribution in [2.24, 2.45) is 5.41 Å². The van der Waals surface area contributed by atoms with Gasteiger partial charge in [-0.1, -0.05) is 25.4 Å². The molecule has 0 saturated heterocycles. The molecule has 3 rings (SSSR count). The van der Waals surface area contributed by atoms with Crippen LogP contribution >= 0.6 is 11.6 Å². The molecule has 0 radical (unpaired) electrons. The number of fused-ring (bicyclic) bond motifs is 1. The van der Waals surface area contributed by atoms with Gasteiger partial charge in [0.15, 0.2) is 0 Å². The van der Waals surface area contributed by atoms with Gasteiger partial charge in [-0.3, -0.25) is 9.78 Å². The van der Waals surface area contributed by atoms with E-state index in [0.29, 0.717) is 5.02 Å². The lowest BCUT2D eigenvalue weighted by Crippen LogP contribution is -2.25. The number of hydrogen-bond acceptors (Lipinski definition) is 2. The molecule has 4 nitrogen and oxygen atoms in total. The Hall–Kier alpha value is -1.81. The summed E-state index contributed by atoms with van der Waals surface area (Å²) in [5.74, 6) is 0.0235. The highest BCUT2D eigenvalue weighted by atomic mass is 35.5. The van der Waals surface area contributed by atoms with E-state index >= 15 is 0 Å². The molecule has 0 unspecified atom stereocenters. The third-order valence-electron chi connectivity index (χ3n) is 4.13. The third kappa shape index (κ3) is 2.41. The van der Waals surface area contributed by atoms with E-state index < -0.39 is 0 Å². The summed E-state index contributed by atoms with van der Waals surface area (Å²) in [7, 11) is 3.56. The summed E-state index contributed by atoms with van der Waals surface area (Å²) < 4.78 is 2.15. The van der Waals surface area contributed by atoms with E-state index in [1.807, 2.05) is 12.1 Å². The molecular weight excluding hydrogens is 298 g/mol. The van der Waals surface area contributed by atoms with E-state index in [4.69, 9.17) is 11.6 Å². The smallest absolute Gasteiger partial charge is 0.269 e. The predicted octanol–water partition coefficient (Wildman–Crippen LogP) is 3.49. The first-order chi connectivity index (χ1) is 10.3. The molecular formula is C17H20ClN3O. The van der Waals surface area contributed by atoms with Crippen molar-refractivity contribution in [1.29, 1.82) is 0 Å². The summed E-state index contributed by atoms with van der Waals surface area (Å²) in [6.45, 7) is 5.30. The van der Waals surface area contributed by atoms with Gasteiger partial charge in [0.25, 0.3) is 5.91 Å². The lowest BCUT2D eigenvalue weighted by molar-refractivity contribution is 0.0816. The molecule has 0 atom stereocenters. The SMILES string of the molecule is CN(C)C(=O)c1cc(-c2ccncc2Cl)c2n1CC(C)(C)C2. The van der Waals surface area contributed by atoms with Crippen LogP contribution < -0.4 is 0 Å². The second-order valence-electron chi connectivity index (χ2n) is 6.87. The molecule has 5 heteroatoms. The van der Waals surface area contributed by atoms with E-state index in [1.54, 1.807) is 31.4 Å². The number of aromatic nitrogens is 2. The van der Waals surface area contributed by atoms with E-state index in [-0.39, 0.29) is 11.3 Å². The molecule has 0 saturated carbocycles. The van der Waals surface area contributed by atoms with Crippen LogP contribution in [0.15, 0.2) is 24.5 Å². The number of carbonyl (C=O) groups excluding carboxylic acids is 1. The Balaban J connectivity index is 2.20. The fraction of sp³-hybridized carbons (Fsp3) is 0.412. The predicted molar refractivity (Wildman–Crippen MR) is 88.2 cm³/mol. The lowest BCUT2D eigenvalue weighted by Gasteiger charge is -2.17. The minimum atomic E-state index is 0.0235. The Morgan fingerprint density at radius 1 is 1.36 bits per heavy atom. The van der Waals surface area contributed by atoms with Gasteiger partial charge >= 0.3 is 0 Å². The van der Waals surface area contributed by atoms with Gasteiger partial charge in [0, 0.05) is 49.9 Å². The van der Waals surface area contributed by atoms with Gasteiger partial charge in [0.1, 0.15) is 5.69 Å². The van der Waals surface area contributed by atoms with Crippen LogP contribution in [0.2, 0.25) is 5.02 Å². The maximum absolute atomic E-state index is 12.5. The van der Waals surface area contributed by atoms with E-state index in [0.717, 1.165) is 29.8 Å². The molecule has 2 aromatic rings. The van der Waals surface area contributed by atoms with Crippen molar-refractivity contribution in [2.45, 2.75) is 26.8 Å². The van der Waals surface area contributed by atoms with Gasteiger partial charge < -0.3 is 9.47 Å². The molecule has 0 aliphatic carbocycles. The van der Waals surface area contributed by atoms with Crippen molar-refractivity contribution in [3.05, 3.63) is 40.9 Å². The topological polar surface area (TPSA) is 38.1 Å². The molecule has 3 heterocycles. The monoisotopic (exact) mass is 317 g/mol. The quantitative estimate of drug-likeness (QED) is 0.850. The number of carbonyl (C=O) groups is 1. The molecule has 0 fully saturated rings. The molecule has 0 N–H and O–H groups in total. The first-order valence-electron chi connectivity index (χ1n) is 7.34. The molecule has 1 aliphatic heterocycles. The number of hydrogen-bond donors (Lipinski definition) is 0. The van der Waals surface area contributed by atoms with Crippen LogP contribution in [0.5, 0.6) is 0 Å². The molecule has 116 valence electrons. The Kier molecular flexibility index (Phi) is 3.52. The van der Waals surface area contributed by atoms with Crippen LogP contribution in [0.4, 0.5) is 0 Å². The van der Waals surface area contributed by atoms with Crippen LogP contribution in [-0.4, -0.2) is 34.5 Å². The zero-order valence-corrected chi connectivity index (χ0v) is 14.1. The largest absolute Gasteiger partial charge is 0.343 e. The van der Waals surface area contributed by atoms with Crippen molar-refractivity contribution >= 4 is 17.5 Å². The van der Waals surface area contributed by atoms with E-state index in [2.05, 4.69) is 23.4 Å². The second-order valence-corrected chi connectivity index (χ2v) is 7.28. The van der Waals surface area contributed by atoms with Crippen LogP contribution in [0.25, 0.3) is 11.1 Å². The van der Waals surface area contributed by atoms with Gasteiger partial charge in [-0.15, -0.1) is 0 Å². The third-order valence-corrected chi connectivity index (χ3v) is 4.43. The number of nitrogens with zero attached hydrogens (tertiary/aromatic N) is 3. The molecule has 1 amide bonds. The molecule has 22 heavy (non-hydrogen) atoms. The second kappa shape index (κ2) is 5.13. The van der Waals surface area contributed by atoms with E-state index in [9.17, 15) is 4.79 Å². The van der Waals surface area contributed by atoms with Gasteiger partial charge in [-0.05, 0) is 24.0 Å². The molecule has 0 spiro atoms. The van der Waals surface area contributed by atoms with Crippen LogP contribution in [0, 0.1) is 5.41 Å². The first-order valence-corrected chi connectivity index (χ1v) is 7.72. The average molecular weight is 318 g/mol. The van der Waals surface area contributed by atoms with Gasteiger partial charge in [-0.25, -0.2) is 0 Å². The molecule has 0 bridgehead atoms. The maximum atomic E-state index is 12.5. The highest BCUT2D eigenvalue weighted by Crippen LogP contribution is 2.41. The average Bonchev–Trinajstić information content (AvgIpc) is 2.92.